The molecule has 1 N–H and O–H groups in total. The molecule has 1 unspecified atom stereocenters. The Labute approximate surface area is 93.0 Å². The van der Waals surface area contributed by atoms with Gasteiger partial charge in [0.2, 0.25) is 0 Å². The number of rotatable bonds is 1. The molecule has 0 aromatic carbocycles. The van der Waals surface area contributed by atoms with Gasteiger partial charge in [0.25, 0.3) is 0 Å². The van der Waals surface area contributed by atoms with Gasteiger partial charge in [-0.15, -0.1) is 0 Å². The zero-order valence-corrected chi connectivity index (χ0v) is 10.3. The Hall–Kier alpha value is -0.0551. The van der Waals surface area contributed by atoms with Gasteiger partial charge in [0.1, 0.15) is 0 Å². The molecule has 0 saturated carbocycles. The van der Waals surface area contributed by atoms with Gasteiger partial charge in [0.15, 0.2) is 0 Å². The van der Waals surface area contributed by atoms with Crippen molar-refractivity contribution in [1.82, 2.24) is 5.32 Å². The summed E-state index contributed by atoms with van der Waals surface area (Å²) in [5.41, 5.74) is -0.395. The summed E-state index contributed by atoms with van der Waals surface area (Å²) < 4.78 is 12.0. The summed E-state index contributed by atoms with van der Waals surface area (Å²) in [6.07, 6.45) is 3.72. The average Bonchev–Trinajstić information content (AvgIpc) is 2.38. The van der Waals surface area contributed by atoms with Crippen LogP contribution in [0.1, 0.15) is 47.0 Å². The van der Waals surface area contributed by atoms with Crippen LogP contribution in [0.5, 0.6) is 0 Å². The van der Waals surface area contributed by atoms with E-state index in [9.17, 15) is 0 Å². The molecule has 0 radical (unpaired) electrons. The second-order valence-electron chi connectivity index (χ2n) is 5.68. The van der Waals surface area contributed by atoms with Gasteiger partial charge in [0, 0.05) is 5.94 Å². The highest BCUT2D eigenvalue weighted by molar-refractivity contribution is 6.47. The van der Waals surface area contributed by atoms with Crippen molar-refractivity contribution in [1.29, 1.82) is 0 Å². The van der Waals surface area contributed by atoms with Crippen molar-refractivity contribution in [3.63, 3.8) is 0 Å². The predicted molar refractivity (Wildman–Crippen MR) is 61.7 cm³/mol. The normalized spacial score (nSPS) is 34.4. The van der Waals surface area contributed by atoms with E-state index >= 15 is 0 Å². The molecule has 86 valence electrons. The van der Waals surface area contributed by atoms with Crippen molar-refractivity contribution in [2.24, 2.45) is 0 Å². The van der Waals surface area contributed by atoms with Crippen LogP contribution < -0.4 is 5.32 Å². The first-order chi connectivity index (χ1) is 6.92. The molecule has 0 spiro atoms. The van der Waals surface area contributed by atoms with Crippen molar-refractivity contribution in [2.75, 3.05) is 6.54 Å². The molecule has 0 aliphatic carbocycles. The third-order valence-electron chi connectivity index (χ3n) is 3.95. The molecule has 4 heteroatoms. The second kappa shape index (κ2) is 3.76. The van der Waals surface area contributed by atoms with Gasteiger partial charge in [-0.05, 0) is 47.1 Å². The van der Waals surface area contributed by atoms with E-state index < -0.39 is 0 Å². The summed E-state index contributed by atoms with van der Waals surface area (Å²) in [7, 11) is -0.0738. The topological polar surface area (TPSA) is 30.5 Å². The summed E-state index contributed by atoms with van der Waals surface area (Å²) in [5.74, 6) is 0.375. The molecule has 3 nitrogen and oxygen atoms in total. The molecule has 0 aromatic rings. The minimum Gasteiger partial charge on any atom is -0.402 e. The van der Waals surface area contributed by atoms with Crippen molar-refractivity contribution in [3.8, 4) is 0 Å². The van der Waals surface area contributed by atoms with Crippen LogP contribution in [0.25, 0.3) is 0 Å². The maximum Gasteiger partial charge on any atom is 0.476 e. The van der Waals surface area contributed by atoms with Gasteiger partial charge >= 0.3 is 7.12 Å². The Morgan fingerprint density at radius 1 is 1.07 bits per heavy atom. The summed E-state index contributed by atoms with van der Waals surface area (Å²) in [4.78, 5) is 0. The third kappa shape index (κ3) is 2.08. The first-order valence-corrected chi connectivity index (χ1v) is 6.01. The fourth-order valence-electron chi connectivity index (χ4n) is 2.16. The van der Waals surface area contributed by atoms with Crippen LogP contribution in [0.2, 0.25) is 0 Å². The van der Waals surface area contributed by atoms with Crippen LogP contribution in [0, 0.1) is 0 Å². The number of hydrogen-bond acceptors (Lipinski definition) is 3. The Kier molecular flexibility index (Phi) is 2.86. The molecule has 0 amide bonds. The molecule has 0 bridgehead atoms. The molecule has 2 aliphatic rings. The van der Waals surface area contributed by atoms with Gasteiger partial charge in [-0.1, -0.05) is 6.42 Å². The molecule has 15 heavy (non-hydrogen) atoms. The van der Waals surface area contributed by atoms with Crippen LogP contribution >= 0.6 is 0 Å². The summed E-state index contributed by atoms with van der Waals surface area (Å²) in [5, 5.41) is 3.49. The Bertz CT molecular complexity index is 221. The van der Waals surface area contributed by atoms with Gasteiger partial charge in [-0.25, -0.2) is 0 Å². The van der Waals surface area contributed by atoms with E-state index in [2.05, 4.69) is 33.0 Å². The van der Waals surface area contributed by atoms with Crippen molar-refractivity contribution in [2.45, 2.75) is 64.1 Å². The SMILES string of the molecule is CC1(C)OB(C2CCCCN2)OC1(C)C. The zero-order chi connectivity index (χ0) is 11.1. The van der Waals surface area contributed by atoms with E-state index in [1.807, 2.05) is 0 Å². The lowest BCUT2D eigenvalue weighted by Crippen LogP contribution is -2.47. The van der Waals surface area contributed by atoms with E-state index in [1.165, 1.54) is 12.8 Å². The van der Waals surface area contributed by atoms with Gasteiger partial charge in [0.05, 0.1) is 11.2 Å². The van der Waals surface area contributed by atoms with Crippen LogP contribution in [-0.2, 0) is 9.31 Å². The lowest BCUT2D eigenvalue weighted by molar-refractivity contribution is 0.00578. The van der Waals surface area contributed by atoms with Gasteiger partial charge in [-0.2, -0.15) is 0 Å². The van der Waals surface area contributed by atoms with Crippen molar-refractivity contribution >= 4 is 7.12 Å². The molecule has 1 atom stereocenters. The quantitative estimate of drug-likeness (QED) is 0.670. The minimum atomic E-state index is -0.198. The molecule has 0 aromatic heterocycles. The van der Waals surface area contributed by atoms with E-state index in [1.54, 1.807) is 0 Å². The minimum absolute atomic E-state index is 0.0738. The van der Waals surface area contributed by atoms with Crippen molar-refractivity contribution in [3.05, 3.63) is 0 Å². The Balaban J connectivity index is 2.02. The fourth-order valence-corrected chi connectivity index (χ4v) is 2.16. The van der Waals surface area contributed by atoms with E-state index in [-0.39, 0.29) is 18.3 Å². The molecular weight excluding hydrogens is 189 g/mol. The summed E-state index contributed by atoms with van der Waals surface area (Å²) >= 11 is 0. The van der Waals surface area contributed by atoms with Crippen molar-refractivity contribution < 1.29 is 9.31 Å². The smallest absolute Gasteiger partial charge is 0.402 e. The van der Waals surface area contributed by atoms with Gasteiger partial charge < -0.3 is 14.6 Å². The van der Waals surface area contributed by atoms with Crippen LogP contribution in [-0.4, -0.2) is 30.8 Å². The fraction of sp³-hybridized carbons (Fsp3) is 1.00. The molecular formula is C11H22BNO2. The zero-order valence-electron chi connectivity index (χ0n) is 10.3. The summed E-state index contributed by atoms with van der Waals surface area (Å²) in [6, 6.07) is 0. The first-order valence-electron chi connectivity index (χ1n) is 6.01. The lowest BCUT2D eigenvalue weighted by Gasteiger charge is -2.32. The van der Waals surface area contributed by atoms with E-state index in [4.69, 9.17) is 9.31 Å². The highest BCUT2D eigenvalue weighted by Crippen LogP contribution is 2.38. The maximum absolute atomic E-state index is 6.02. The lowest BCUT2D eigenvalue weighted by atomic mass is 9.74. The van der Waals surface area contributed by atoms with Crippen LogP contribution in [0.3, 0.4) is 0 Å². The molecule has 2 fully saturated rings. The second-order valence-corrected chi connectivity index (χ2v) is 5.68. The monoisotopic (exact) mass is 211 g/mol. The Morgan fingerprint density at radius 3 is 2.13 bits per heavy atom. The number of piperidine rings is 1. The third-order valence-corrected chi connectivity index (χ3v) is 3.95. The first kappa shape index (κ1) is 11.4. The van der Waals surface area contributed by atoms with Crippen LogP contribution in [0.15, 0.2) is 0 Å². The molecule has 2 heterocycles. The predicted octanol–water partition coefficient (Wildman–Crippen LogP) is 1.76. The van der Waals surface area contributed by atoms with Gasteiger partial charge in [-0.3, -0.25) is 0 Å². The number of nitrogens with one attached hydrogen (secondary N) is 1. The standard InChI is InChI=1S/C11H22BNO2/c1-10(2)11(3,4)15-12(14-10)9-7-5-6-8-13-9/h9,13H,5-8H2,1-4H3. The largest absolute Gasteiger partial charge is 0.476 e. The van der Waals surface area contributed by atoms with E-state index in [0.717, 1.165) is 13.0 Å². The average molecular weight is 211 g/mol. The Morgan fingerprint density at radius 2 is 1.67 bits per heavy atom. The highest BCUT2D eigenvalue weighted by Gasteiger charge is 2.53. The maximum atomic E-state index is 6.02. The number of hydrogen-bond donors (Lipinski definition) is 1. The summed E-state index contributed by atoms with van der Waals surface area (Å²) in [6.45, 7) is 9.52. The van der Waals surface area contributed by atoms with E-state index in [0.29, 0.717) is 5.94 Å². The molecule has 2 aliphatic heterocycles. The highest BCUT2D eigenvalue weighted by atomic mass is 16.7. The molecule has 2 saturated heterocycles. The molecule has 2 rings (SSSR count). The van der Waals surface area contributed by atoms with Crippen LogP contribution in [0.4, 0.5) is 0 Å².